The maximum Gasteiger partial charge on any atom is 0.0742 e. The molecule has 7 rings (SSSR count). The largest absolute Gasteiger partial charge is 0.338 e. The summed E-state index contributed by atoms with van der Waals surface area (Å²) in [6.45, 7) is 1.68. The number of aryl methyl sites for hydroxylation is 2. The minimum absolute atomic E-state index is 0.740. The summed E-state index contributed by atoms with van der Waals surface area (Å²) in [5, 5.41) is 4.06. The van der Waals surface area contributed by atoms with E-state index in [0.29, 0.717) is 0 Å². The van der Waals surface area contributed by atoms with E-state index >= 15 is 0 Å². The summed E-state index contributed by atoms with van der Waals surface area (Å²) in [6.07, 6.45) is 0.967. The van der Waals surface area contributed by atoms with Gasteiger partial charge in [0.1, 0.15) is 0 Å². The van der Waals surface area contributed by atoms with Crippen molar-refractivity contribution >= 4 is 45.0 Å². The van der Waals surface area contributed by atoms with Crippen LogP contribution in [0.2, 0.25) is 10.0 Å². The number of aromatic nitrogens is 2. The molecule has 0 unspecified atom stereocenters. The second-order valence-corrected chi connectivity index (χ2v) is 10.1. The van der Waals surface area contributed by atoms with Gasteiger partial charge < -0.3 is 9.13 Å². The van der Waals surface area contributed by atoms with E-state index in [-0.39, 0.29) is 0 Å². The Kier molecular flexibility index (Phi) is 4.80. The second-order valence-electron chi connectivity index (χ2n) is 9.21. The predicted molar refractivity (Wildman–Crippen MR) is 148 cm³/mol. The summed E-state index contributed by atoms with van der Waals surface area (Å²) < 4.78 is 4.97. The van der Waals surface area contributed by atoms with Crippen molar-refractivity contribution in [1.82, 2.24) is 9.13 Å². The lowest BCUT2D eigenvalue weighted by molar-refractivity contribution is 0.696. The van der Waals surface area contributed by atoms with E-state index in [4.69, 9.17) is 23.2 Å². The molecule has 0 atom stereocenters. The number of hydrogen-bond donors (Lipinski definition) is 0. The van der Waals surface area contributed by atoms with Crippen LogP contribution in [0.25, 0.3) is 44.3 Å². The maximum absolute atomic E-state index is 6.51. The number of rotatable bonds is 3. The molecule has 0 radical (unpaired) electrons. The Hall–Kier alpha value is -3.46. The molecule has 1 aliphatic heterocycles. The minimum atomic E-state index is 0.740. The first-order valence-corrected chi connectivity index (χ1v) is 12.7. The summed E-state index contributed by atoms with van der Waals surface area (Å²) >= 11 is 12.9. The Balaban J connectivity index is 1.60. The van der Waals surface area contributed by atoms with Gasteiger partial charge in [-0.25, -0.2) is 0 Å². The summed E-state index contributed by atoms with van der Waals surface area (Å²) in [4.78, 5) is 0. The van der Waals surface area contributed by atoms with E-state index in [0.717, 1.165) is 29.6 Å². The SMILES string of the molecule is Clc1cccc(Cn2c3c(c4cc(Cl)ccc42)CCn2c-3c(-c3ccccc3)c3ccccc32)c1. The summed E-state index contributed by atoms with van der Waals surface area (Å²) in [6, 6.07) is 34.0. The van der Waals surface area contributed by atoms with Crippen LogP contribution in [0.4, 0.5) is 0 Å². The number of benzene rings is 4. The van der Waals surface area contributed by atoms with E-state index in [1.54, 1.807) is 0 Å². The second kappa shape index (κ2) is 8.05. The molecule has 0 spiro atoms. The smallest absolute Gasteiger partial charge is 0.0742 e. The van der Waals surface area contributed by atoms with Crippen LogP contribution < -0.4 is 0 Å². The van der Waals surface area contributed by atoms with Crippen LogP contribution in [-0.4, -0.2) is 9.13 Å². The van der Waals surface area contributed by atoms with Crippen molar-refractivity contribution in [1.29, 1.82) is 0 Å². The van der Waals surface area contributed by atoms with Crippen molar-refractivity contribution in [2.45, 2.75) is 19.5 Å². The normalized spacial score (nSPS) is 12.7. The summed E-state index contributed by atoms with van der Waals surface area (Å²) in [5.41, 5.74) is 10.1. The Labute approximate surface area is 213 Å². The van der Waals surface area contributed by atoms with Crippen LogP contribution in [0, 0.1) is 0 Å². The molecule has 0 fully saturated rings. The maximum atomic E-state index is 6.51. The van der Waals surface area contributed by atoms with Gasteiger partial charge in [0.2, 0.25) is 0 Å². The van der Waals surface area contributed by atoms with E-state index in [9.17, 15) is 0 Å². The van der Waals surface area contributed by atoms with Crippen LogP contribution >= 0.6 is 23.2 Å². The van der Waals surface area contributed by atoms with Gasteiger partial charge in [0.15, 0.2) is 0 Å². The highest BCUT2D eigenvalue weighted by Crippen LogP contribution is 2.47. The molecule has 170 valence electrons. The van der Waals surface area contributed by atoms with E-state index in [2.05, 4.69) is 88.0 Å². The topological polar surface area (TPSA) is 9.86 Å². The number of nitrogens with zero attached hydrogens (tertiary/aromatic N) is 2. The van der Waals surface area contributed by atoms with Gasteiger partial charge in [-0.3, -0.25) is 0 Å². The third-order valence-electron chi connectivity index (χ3n) is 7.20. The molecule has 0 saturated carbocycles. The zero-order valence-corrected chi connectivity index (χ0v) is 20.5. The highest BCUT2D eigenvalue weighted by molar-refractivity contribution is 6.31. The Morgan fingerprint density at radius 2 is 1.46 bits per heavy atom. The van der Waals surface area contributed by atoms with Gasteiger partial charge in [0.25, 0.3) is 0 Å². The molecule has 0 aliphatic carbocycles. The molecular weight excluding hydrogens is 471 g/mol. The van der Waals surface area contributed by atoms with Crippen molar-refractivity contribution in [2.24, 2.45) is 0 Å². The Bertz CT molecular complexity index is 1740. The van der Waals surface area contributed by atoms with Crippen molar-refractivity contribution < 1.29 is 0 Å². The fourth-order valence-corrected chi connectivity index (χ4v) is 6.19. The average Bonchev–Trinajstić information content (AvgIpc) is 3.37. The predicted octanol–water partition coefficient (Wildman–Crippen LogP) is 8.84. The molecule has 4 aromatic carbocycles. The highest BCUT2D eigenvalue weighted by atomic mass is 35.5. The third kappa shape index (κ3) is 3.25. The van der Waals surface area contributed by atoms with E-state index in [1.165, 1.54) is 55.4 Å². The Morgan fingerprint density at radius 3 is 2.31 bits per heavy atom. The van der Waals surface area contributed by atoms with Crippen LogP contribution in [0.5, 0.6) is 0 Å². The van der Waals surface area contributed by atoms with Crippen molar-refractivity contribution in [3.8, 4) is 22.5 Å². The molecule has 0 N–H and O–H groups in total. The lowest BCUT2D eigenvalue weighted by Gasteiger charge is -2.22. The monoisotopic (exact) mass is 492 g/mol. The molecule has 1 aliphatic rings. The molecule has 0 saturated heterocycles. The van der Waals surface area contributed by atoms with Gasteiger partial charge in [-0.05, 0) is 59.5 Å². The summed E-state index contributed by atoms with van der Waals surface area (Å²) in [5.74, 6) is 0. The fourth-order valence-electron chi connectivity index (χ4n) is 5.80. The standard InChI is InChI=1S/C31H22Cl2N2/c32-22-10-6-7-20(17-22)19-35-28-14-13-23(33)18-26(28)24-15-16-34-27-12-5-4-11-25(27)29(31(34)30(24)35)21-8-2-1-3-9-21/h1-14,17-18H,15-16,19H2. The van der Waals surface area contributed by atoms with Crippen LogP contribution in [0.15, 0.2) is 97.1 Å². The van der Waals surface area contributed by atoms with Crippen LogP contribution in [-0.2, 0) is 19.5 Å². The molecule has 2 nitrogen and oxygen atoms in total. The average molecular weight is 493 g/mol. The van der Waals surface area contributed by atoms with Crippen molar-refractivity contribution in [3.05, 3.63) is 118 Å². The molecule has 2 aromatic heterocycles. The first-order valence-electron chi connectivity index (χ1n) is 11.9. The zero-order valence-electron chi connectivity index (χ0n) is 19.0. The van der Waals surface area contributed by atoms with Crippen molar-refractivity contribution in [2.75, 3.05) is 0 Å². The first kappa shape index (κ1) is 20.9. The molecule has 6 aromatic rings. The molecule has 35 heavy (non-hydrogen) atoms. The van der Waals surface area contributed by atoms with Crippen LogP contribution in [0.1, 0.15) is 11.1 Å². The Morgan fingerprint density at radius 1 is 0.657 bits per heavy atom. The molecular formula is C31H22Cl2N2. The number of halogens is 2. The highest BCUT2D eigenvalue weighted by Gasteiger charge is 2.30. The molecule has 0 amide bonds. The van der Waals surface area contributed by atoms with E-state index in [1.807, 2.05) is 18.2 Å². The number of para-hydroxylation sites is 1. The van der Waals surface area contributed by atoms with Gasteiger partial charge in [-0.15, -0.1) is 0 Å². The fraction of sp³-hybridized carbons (Fsp3) is 0.0968. The minimum Gasteiger partial charge on any atom is -0.338 e. The third-order valence-corrected chi connectivity index (χ3v) is 7.67. The quantitative estimate of drug-likeness (QED) is 0.233. The first-order chi connectivity index (χ1) is 17.2. The van der Waals surface area contributed by atoms with E-state index < -0.39 is 0 Å². The molecule has 4 heteroatoms. The van der Waals surface area contributed by atoms with Gasteiger partial charge in [0.05, 0.1) is 11.4 Å². The molecule has 3 heterocycles. The summed E-state index contributed by atoms with van der Waals surface area (Å²) in [7, 11) is 0. The van der Waals surface area contributed by atoms with Gasteiger partial charge in [-0.2, -0.15) is 0 Å². The van der Waals surface area contributed by atoms with Gasteiger partial charge >= 0.3 is 0 Å². The number of fused-ring (bicyclic) bond motifs is 7. The molecule has 0 bridgehead atoms. The zero-order chi connectivity index (χ0) is 23.5. The van der Waals surface area contributed by atoms with Crippen LogP contribution in [0.3, 0.4) is 0 Å². The lowest BCUT2D eigenvalue weighted by Crippen LogP contribution is -2.13. The lowest BCUT2D eigenvalue weighted by atomic mass is 9.96. The number of hydrogen-bond acceptors (Lipinski definition) is 0. The van der Waals surface area contributed by atoms with Gasteiger partial charge in [-0.1, -0.05) is 83.9 Å². The van der Waals surface area contributed by atoms with Gasteiger partial charge in [0, 0.05) is 50.5 Å². The van der Waals surface area contributed by atoms with Crippen molar-refractivity contribution in [3.63, 3.8) is 0 Å².